The maximum atomic E-state index is 12.5. The maximum absolute atomic E-state index is 12.5. The Labute approximate surface area is 123 Å². The number of alkyl halides is 3. The van der Waals surface area contributed by atoms with Gasteiger partial charge < -0.3 is 0 Å². The molecule has 6 nitrogen and oxygen atoms in total. The van der Waals surface area contributed by atoms with Crippen molar-refractivity contribution in [1.82, 2.24) is 19.9 Å². The third kappa shape index (κ3) is 4.21. The summed E-state index contributed by atoms with van der Waals surface area (Å²) in [6, 6.07) is 3.40. The van der Waals surface area contributed by atoms with Crippen molar-refractivity contribution < 1.29 is 18.0 Å². The molecular weight excluding hydrogens is 299 g/mol. The lowest BCUT2D eigenvalue weighted by Gasteiger charge is -2.08. The zero-order valence-electron chi connectivity index (χ0n) is 11.6. The quantitative estimate of drug-likeness (QED) is 0.934. The van der Waals surface area contributed by atoms with Crippen LogP contribution in [-0.4, -0.2) is 25.8 Å². The van der Waals surface area contributed by atoms with Crippen LogP contribution >= 0.6 is 0 Å². The fourth-order valence-electron chi connectivity index (χ4n) is 1.63. The van der Waals surface area contributed by atoms with Crippen LogP contribution in [0.15, 0.2) is 24.5 Å². The van der Waals surface area contributed by atoms with Gasteiger partial charge in [0.15, 0.2) is 0 Å². The number of hydrogen-bond acceptors (Lipinski definition) is 5. The molecule has 2 heterocycles. The molecule has 0 bridgehead atoms. The summed E-state index contributed by atoms with van der Waals surface area (Å²) in [4.78, 5) is 26.9. The average Bonchev–Trinajstić information content (AvgIpc) is 2.46. The zero-order chi connectivity index (χ0) is 16.2. The molecule has 9 heteroatoms. The molecule has 116 valence electrons. The molecule has 2 aromatic rings. The standard InChI is InChI=1S/C13H12F3N5O/c1-2-10-17-7-18-12(20-10)21-11(22)6-8-4-3-5-9(19-8)13(14,15)16/h3-5,7H,2,6H2,1H3,(H,17,18,20,21,22). The molecule has 2 aromatic heterocycles. The summed E-state index contributed by atoms with van der Waals surface area (Å²) in [7, 11) is 0. The van der Waals surface area contributed by atoms with Crippen LogP contribution in [0.5, 0.6) is 0 Å². The van der Waals surface area contributed by atoms with E-state index >= 15 is 0 Å². The Balaban J connectivity index is 2.06. The highest BCUT2D eigenvalue weighted by Gasteiger charge is 2.32. The fraction of sp³-hybridized carbons (Fsp3) is 0.308. The highest BCUT2D eigenvalue weighted by molar-refractivity contribution is 5.90. The van der Waals surface area contributed by atoms with Crippen LogP contribution in [0.3, 0.4) is 0 Å². The Hall–Kier alpha value is -2.58. The number of carbonyl (C=O) groups excluding carboxylic acids is 1. The van der Waals surface area contributed by atoms with E-state index in [1.54, 1.807) is 0 Å². The van der Waals surface area contributed by atoms with E-state index in [4.69, 9.17) is 0 Å². The second-order valence-corrected chi connectivity index (χ2v) is 4.32. The van der Waals surface area contributed by atoms with E-state index in [9.17, 15) is 18.0 Å². The molecular formula is C13H12F3N5O. The first-order chi connectivity index (χ1) is 10.4. The zero-order valence-corrected chi connectivity index (χ0v) is 11.6. The van der Waals surface area contributed by atoms with Gasteiger partial charge in [-0.2, -0.15) is 18.2 Å². The van der Waals surface area contributed by atoms with E-state index < -0.39 is 17.8 Å². The third-order valence-corrected chi connectivity index (χ3v) is 2.63. The lowest BCUT2D eigenvalue weighted by molar-refractivity contribution is -0.141. The molecule has 1 N–H and O–H groups in total. The summed E-state index contributed by atoms with van der Waals surface area (Å²) >= 11 is 0. The van der Waals surface area contributed by atoms with Gasteiger partial charge in [0.1, 0.15) is 17.8 Å². The van der Waals surface area contributed by atoms with Gasteiger partial charge in [-0.25, -0.2) is 15.0 Å². The van der Waals surface area contributed by atoms with Crippen molar-refractivity contribution in [2.75, 3.05) is 5.32 Å². The van der Waals surface area contributed by atoms with Crippen molar-refractivity contribution in [1.29, 1.82) is 0 Å². The number of hydrogen-bond donors (Lipinski definition) is 1. The number of aromatic nitrogens is 4. The lowest BCUT2D eigenvalue weighted by atomic mass is 10.2. The topological polar surface area (TPSA) is 80.7 Å². The summed E-state index contributed by atoms with van der Waals surface area (Å²) in [5.41, 5.74) is -1.02. The van der Waals surface area contributed by atoms with Crippen LogP contribution in [0, 0.1) is 0 Å². The lowest BCUT2D eigenvalue weighted by Crippen LogP contribution is -2.18. The number of carbonyl (C=O) groups is 1. The minimum absolute atomic E-state index is 0.0112. The first kappa shape index (κ1) is 15.8. The number of pyridine rings is 1. The van der Waals surface area contributed by atoms with E-state index in [0.29, 0.717) is 12.2 Å². The number of amides is 1. The normalized spacial score (nSPS) is 11.3. The molecule has 0 radical (unpaired) electrons. The van der Waals surface area contributed by atoms with Crippen molar-refractivity contribution in [3.05, 3.63) is 41.7 Å². The Morgan fingerprint density at radius 2 is 2.00 bits per heavy atom. The van der Waals surface area contributed by atoms with Crippen LogP contribution in [0.4, 0.5) is 19.1 Å². The largest absolute Gasteiger partial charge is 0.433 e. The fourth-order valence-corrected chi connectivity index (χ4v) is 1.63. The van der Waals surface area contributed by atoms with Gasteiger partial charge in [0.25, 0.3) is 0 Å². The Morgan fingerprint density at radius 3 is 2.68 bits per heavy atom. The number of nitrogens with zero attached hydrogens (tertiary/aromatic N) is 4. The Bertz CT molecular complexity index is 675. The van der Waals surface area contributed by atoms with Crippen molar-refractivity contribution in [3.63, 3.8) is 0 Å². The smallest absolute Gasteiger partial charge is 0.294 e. The molecule has 0 saturated carbocycles. The number of rotatable bonds is 4. The van der Waals surface area contributed by atoms with Crippen LogP contribution in [-0.2, 0) is 23.8 Å². The van der Waals surface area contributed by atoms with E-state index in [0.717, 1.165) is 6.07 Å². The van der Waals surface area contributed by atoms with E-state index in [1.165, 1.54) is 18.5 Å². The monoisotopic (exact) mass is 311 g/mol. The summed E-state index contributed by atoms with van der Waals surface area (Å²) in [6.07, 6.45) is -3.03. The van der Waals surface area contributed by atoms with Gasteiger partial charge in [-0.1, -0.05) is 13.0 Å². The number of halogens is 3. The number of nitrogens with one attached hydrogen (secondary N) is 1. The summed E-state index contributed by atoms with van der Waals surface area (Å²) < 4.78 is 37.6. The van der Waals surface area contributed by atoms with Gasteiger partial charge in [-0.3, -0.25) is 10.1 Å². The molecule has 0 aromatic carbocycles. The van der Waals surface area contributed by atoms with Crippen LogP contribution < -0.4 is 5.32 Å². The predicted molar refractivity (Wildman–Crippen MR) is 70.8 cm³/mol. The first-order valence-electron chi connectivity index (χ1n) is 6.39. The first-order valence-corrected chi connectivity index (χ1v) is 6.39. The highest BCUT2D eigenvalue weighted by Crippen LogP contribution is 2.27. The second-order valence-electron chi connectivity index (χ2n) is 4.32. The van der Waals surface area contributed by atoms with Gasteiger partial charge in [0, 0.05) is 6.42 Å². The maximum Gasteiger partial charge on any atom is 0.433 e. The Morgan fingerprint density at radius 1 is 1.23 bits per heavy atom. The van der Waals surface area contributed by atoms with Crippen LogP contribution in [0.1, 0.15) is 24.1 Å². The highest BCUT2D eigenvalue weighted by atomic mass is 19.4. The van der Waals surface area contributed by atoms with Gasteiger partial charge in [-0.05, 0) is 12.1 Å². The van der Waals surface area contributed by atoms with Crippen molar-refractivity contribution in [2.24, 2.45) is 0 Å². The molecule has 0 aliphatic carbocycles. The number of anilines is 1. The van der Waals surface area contributed by atoms with Crippen molar-refractivity contribution in [3.8, 4) is 0 Å². The SMILES string of the molecule is CCc1ncnc(NC(=O)Cc2cccc(C(F)(F)F)n2)n1. The van der Waals surface area contributed by atoms with Gasteiger partial charge in [0.2, 0.25) is 11.9 Å². The molecule has 1 amide bonds. The summed E-state index contributed by atoms with van der Waals surface area (Å²) in [5.74, 6) is 0.00592. The molecule has 0 saturated heterocycles. The van der Waals surface area contributed by atoms with Crippen LogP contribution in [0.2, 0.25) is 0 Å². The third-order valence-electron chi connectivity index (χ3n) is 2.63. The Kier molecular flexibility index (Phi) is 4.64. The van der Waals surface area contributed by atoms with Gasteiger partial charge in [0.05, 0.1) is 12.1 Å². The molecule has 0 aliphatic heterocycles. The minimum atomic E-state index is -4.54. The van der Waals surface area contributed by atoms with E-state index in [2.05, 4.69) is 25.3 Å². The minimum Gasteiger partial charge on any atom is -0.294 e. The second kappa shape index (κ2) is 6.46. The molecule has 0 aliphatic rings. The van der Waals surface area contributed by atoms with E-state index in [1.807, 2.05) is 6.92 Å². The predicted octanol–water partition coefficient (Wildman–Crippen LogP) is 2.03. The van der Waals surface area contributed by atoms with E-state index in [-0.39, 0.29) is 18.1 Å². The molecule has 0 unspecified atom stereocenters. The summed E-state index contributed by atoms with van der Waals surface area (Å²) in [6.45, 7) is 1.84. The summed E-state index contributed by atoms with van der Waals surface area (Å²) in [5, 5.41) is 2.40. The molecule has 0 fully saturated rings. The number of aryl methyl sites for hydroxylation is 1. The molecule has 2 rings (SSSR count). The van der Waals surface area contributed by atoms with Gasteiger partial charge in [-0.15, -0.1) is 0 Å². The van der Waals surface area contributed by atoms with Crippen molar-refractivity contribution in [2.45, 2.75) is 25.9 Å². The molecule has 0 atom stereocenters. The average molecular weight is 311 g/mol. The molecule has 0 spiro atoms. The van der Waals surface area contributed by atoms with Gasteiger partial charge >= 0.3 is 6.18 Å². The van der Waals surface area contributed by atoms with Crippen LogP contribution in [0.25, 0.3) is 0 Å². The van der Waals surface area contributed by atoms with Crippen molar-refractivity contribution >= 4 is 11.9 Å². The molecule has 22 heavy (non-hydrogen) atoms.